The topological polar surface area (TPSA) is 72.9 Å². The molecule has 0 radical (unpaired) electrons. The molecule has 0 N–H and O–H groups in total. The lowest BCUT2D eigenvalue weighted by atomic mass is 10.1. The molecule has 28 heavy (non-hydrogen) atoms. The number of unbranched alkanes of at least 4 members (excludes halogenated alkanes) is 6. The second kappa shape index (κ2) is 12.3. The molecule has 1 aromatic rings. The van der Waals surface area contributed by atoms with Crippen LogP contribution in [0.4, 0.5) is 0 Å². The molecular formula is C22H31NO5. The maximum Gasteiger partial charge on any atom is 0.305 e. The summed E-state index contributed by atoms with van der Waals surface area (Å²) in [5.41, 5.74) is 0.874. The molecule has 0 saturated heterocycles. The first-order valence-corrected chi connectivity index (χ1v) is 10.3. The quantitative estimate of drug-likeness (QED) is 0.273. The van der Waals surface area contributed by atoms with Gasteiger partial charge in [0.05, 0.1) is 30.9 Å². The van der Waals surface area contributed by atoms with E-state index in [1.165, 1.54) is 37.0 Å². The smallest absolute Gasteiger partial charge is 0.305 e. The molecule has 0 spiro atoms. The van der Waals surface area contributed by atoms with E-state index < -0.39 is 0 Å². The zero-order valence-corrected chi connectivity index (χ0v) is 16.8. The lowest BCUT2D eigenvalue weighted by Crippen LogP contribution is -2.33. The lowest BCUT2D eigenvalue weighted by molar-refractivity contribution is -0.145. The molecule has 0 bridgehead atoms. The minimum absolute atomic E-state index is 0.192. The Hall–Kier alpha value is -2.21. The van der Waals surface area contributed by atoms with Gasteiger partial charge >= 0.3 is 5.97 Å². The third-order valence-electron chi connectivity index (χ3n) is 4.81. The van der Waals surface area contributed by atoms with Crippen LogP contribution in [0.1, 0.15) is 79.0 Å². The Bertz CT molecular complexity index is 623. The molecule has 0 atom stereocenters. The zero-order chi connectivity index (χ0) is 20.2. The number of imide groups is 1. The highest BCUT2D eigenvalue weighted by Gasteiger charge is 2.34. The molecular weight excluding hydrogens is 358 g/mol. The molecule has 0 fully saturated rings. The first-order valence-electron chi connectivity index (χ1n) is 10.3. The van der Waals surface area contributed by atoms with E-state index in [0.29, 0.717) is 17.5 Å². The fourth-order valence-electron chi connectivity index (χ4n) is 3.21. The van der Waals surface area contributed by atoms with Gasteiger partial charge in [-0.3, -0.25) is 19.3 Å². The highest BCUT2D eigenvalue weighted by Crippen LogP contribution is 2.21. The van der Waals surface area contributed by atoms with Crippen LogP contribution in [0.15, 0.2) is 24.3 Å². The van der Waals surface area contributed by atoms with Crippen molar-refractivity contribution in [3.63, 3.8) is 0 Å². The fourth-order valence-corrected chi connectivity index (χ4v) is 3.21. The van der Waals surface area contributed by atoms with Gasteiger partial charge < -0.3 is 9.47 Å². The monoisotopic (exact) mass is 389 g/mol. The number of fused-ring (bicyclic) bond motifs is 1. The number of esters is 1. The second-order valence-electron chi connectivity index (χ2n) is 7.01. The van der Waals surface area contributed by atoms with Crippen LogP contribution in [-0.4, -0.2) is 49.0 Å². The maximum absolute atomic E-state index is 12.2. The summed E-state index contributed by atoms with van der Waals surface area (Å²) in [6, 6.07) is 6.79. The predicted octanol–water partition coefficient (Wildman–Crippen LogP) is 3.98. The van der Waals surface area contributed by atoms with E-state index in [9.17, 15) is 14.4 Å². The SMILES string of the molecule is CCCCCCCCCC(=O)OCCOCCN1C(=O)c2ccccc2C1=O. The summed E-state index contributed by atoms with van der Waals surface area (Å²) in [6.07, 6.45) is 8.60. The largest absolute Gasteiger partial charge is 0.463 e. The van der Waals surface area contributed by atoms with Gasteiger partial charge in [-0.2, -0.15) is 0 Å². The van der Waals surface area contributed by atoms with Crippen LogP contribution < -0.4 is 0 Å². The molecule has 2 amide bonds. The van der Waals surface area contributed by atoms with Crippen molar-refractivity contribution in [2.75, 3.05) is 26.4 Å². The normalized spacial score (nSPS) is 13.1. The van der Waals surface area contributed by atoms with Gasteiger partial charge in [-0.15, -0.1) is 0 Å². The standard InChI is InChI=1S/C22H31NO5/c1-2-3-4-5-6-7-8-13-20(24)28-17-16-27-15-14-23-21(25)18-11-9-10-12-19(18)22(23)26/h9-12H,2-8,13-17H2,1H3. The Kier molecular flexibility index (Phi) is 9.69. The number of rotatable bonds is 14. The minimum Gasteiger partial charge on any atom is -0.463 e. The third-order valence-corrected chi connectivity index (χ3v) is 4.81. The van der Waals surface area contributed by atoms with Crippen LogP contribution in [0.2, 0.25) is 0 Å². The van der Waals surface area contributed by atoms with Crippen molar-refractivity contribution in [1.29, 1.82) is 0 Å². The van der Waals surface area contributed by atoms with E-state index in [2.05, 4.69) is 6.92 Å². The summed E-state index contributed by atoms with van der Waals surface area (Å²) in [7, 11) is 0. The Morgan fingerprint density at radius 3 is 2.11 bits per heavy atom. The Labute approximate surface area is 167 Å². The van der Waals surface area contributed by atoms with E-state index >= 15 is 0 Å². The summed E-state index contributed by atoms with van der Waals surface area (Å²) in [5, 5.41) is 0. The molecule has 0 saturated carbocycles. The molecule has 1 aliphatic rings. The highest BCUT2D eigenvalue weighted by atomic mass is 16.6. The number of hydrogen-bond acceptors (Lipinski definition) is 5. The number of carbonyl (C=O) groups excluding carboxylic acids is 3. The van der Waals surface area contributed by atoms with E-state index in [1.54, 1.807) is 24.3 Å². The Morgan fingerprint density at radius 2 is 1.46 bits per heavy atom. The molecule has 1 aliphatic heterocycles. The average Bonchev–Trinajstić information content (AvgIpc) is 2.95. The van der Waals surface area contributed by atoms with Crippen molar-refractivity contribution in [1.82, 2.24) is 4.90 Å². The Balaban J connectivity index is 1.48. The lowest BCUT2D eigenvalue weighted by Gasteiger charge is -2.13. The summed E-state index contributed by atoms with van der Waals surface area (Å²) < 4.78 is 10.5. The van der Waals surface area contributed by atoms with E-state index in [1.807, 2.05) is 0 Å². The summed E-state index contributed by atoms with van der Waals surface area (Å²) >= 11 is 0. The van der Waals surface area contributed by atoms with Crippen LogP contribution >= 0.6 is 0 Å². The first kappa shape index (κ1) is 22.1. The van der Waals surface area contributed by atoms with Gasteiger partial charge in [-0.05, 0) is 18.6 Å². The molecule has 2 rings (SSSR count). The van der Waals surface area contributed by atoms with E-state index in [0.717, 1.165) is 12.8 Å². The molecule has 0 aromatic heterocycles. The molecule has 0 unspecified atom stereocenters. The molecule has 6 heteroatoms. The third kappa shape index (κ3) is 6.75. The molecule has 1 aromatic carbocycles. The number of benzene rings is 1. The van der Waals surface area contributed by atoms with Gasteiger partial charge in [-0.1, -0.05) is 57.6 Å². The van der Waals surface area contributed by atoms with Gasteiger partial charge in [0.1, 0.15) is 6.61 Å². The highest BCUT2D eigenvalue weighted by molar-refractivity contribution is 6.21. The number of hydrogen-bond donors (Lipinski definition) is 0. The van der Waals surface area contributed by atoms with Gasteiger partial charge in [0.15, 0.2) is 0 Å². The minimum atomic E-state index is -0.287. The number of nitrogens with zero attached hydrogens (tertiary/aromatic N) is 1. The number of amides is 2. The van der Waals surface area contributed by atoms with Crippen LogP contribution in [0, 0.1) is 0 Å². The summed E-state index contributed by atoms with van der Waals surface area (Å²) in [5.74, 6) is -0.770. The molecule has 154 valence electrons. The predicted molar refractivity (Wildman–Crippen MR) is 106 cm³/mol. The van der Waals surface area contributed by atoms with Gasteiger partial charge in [0.25, 0.3) is 11.8 Å². The van der Waals surface area contributed by atoms with Crippen LogP contribution in [0.5, 0.6) is 0 Å². The van der Waals surface area contributed by atoms with Crippen molar-refractivity contribution in [3.8, 4) is 0 Å². The van der Waals surface area contributed by atoms with E-state index in [-0.39, 0.29) is 44.1 Å². The molecule has 6 nitrogen and oxygen atoms in total. The van der Waals surface area contributed by atoms with Crippen molar-refractivity contribution in [2.24, 2.45) is 0 Å². The Morgan fingerprint density at radius 1 is 0.857 bits per heavy atom. The van der Waals surface area contributed by atoms with Crippen LogP contribution in [0.3, 0.4) is 0 Å². The van der Waals surface area contributed by atoms with E-state index in [4.69, 9.17) is 9.47 Å². The van der Waals surface area contributed by atoms with Gasteiger partial charge in [-0.25, -0.2) is 0 Å². The van der Waals surface area contributed by atoms with Gasteiger partial charge in [0, 0.05) is 6.42 Å². The number of carbonyl (C=O) groups is 3. The van der Waals surface area contributed by atoms with Crippen molar-refractivity contribution < 1.29 is 23.9 Å². The maximum atomic E-state index is 12.2. The molecule has 1 heterocycles. The number of ether oxygens (including phenoxy) is 2. The van der Waals surface area contributed by atoms with Crippen molar-refractivity contribution in [3.05, 3.63) is 35.4 Å². The first-order chi connectivity index (χ1) is 13.6. The molecule has 0 aliphatic carbocycles. The second-order valence-corrected chi connectivity index (χ2v) is 7.01. The fraction of sp³-hybridized carbons (Fsp3) is 0.591. The van der Waals surface area contributed by atoms with Gasteiger partial charge in [0.2, 0.25) is 0 Å². The van der Waals surface area contributed by atoms with Crippen molar-refractivity contribution in [2.45, 2.75) is 58.3 Å². The summed E-state index contributed by atoms with van der Waals surface area (Å²) in [4.78, 5) is 37.2. The van der Waals surface area contributed by atoms with Crippen LogP contribution in [-0.2, 0) is 14.3 Å². The summed E-state index contributed by atoms with van der Waals surface area (Å²) in [6.45, 7) is 3.06. The zero-order valence-electron chi connectivity index (χ0n) is 16.8. The van der Waals surface area contributed by atoms with Crippen LogP contribution in [0.25, 0.3) is 0 Å². The van der Waals surface area contributed by atoms with Crippen molar-refractivity contribution >= 4 is 17.8 Å². The average molecular weight is 389 g/mol.